The van der Waals surface area contributed by atoms with Gasteiger partial charge in [0.05, 0.1) is 6.61 Å². The van der Waals surface area contributed by atoms with Gasteiger partial charge in [-0.25, -0.2) is 8.42 Å². The molecule has 0 radical (unpaired) electrons. The van der Waals surface area contributed by atoms with E-state index in [0.29, 0.717) is 12.8 Å². The van der Waals surface area contributed by atoms with Gasteiger partial charge in [0.1, 0.15) is 44.7 Å². The van der Waals surface area contributed by atoms with E-state index in [2.05, 4.69) is 9.44 Å². The molecule has 12 nitrogen and oxygen atoms in total. The largest absolute Gasteiger partial charge is 0.714 e. The second-order valence-corrected chi connectivity index (χ2v) is 12.0. The van der Waals surface area contributed by atoms with E-state index >= 15 is 0 Å². The summed E-state index contributed by atoms with van der Waals surface area (Å²) in [4.78, 5) is 0. The molecule has 1 rings (SSSR count). The molecule has 1 saturated heterocycles. The Morgan fingerprint density at radius 2 is 1.53 bits per heavy atom. The first kappa shape index (κ1) is 29.5. The Hall–Kier alpha value is -0.520. The van der Waals surface area contributed by atoms with Gasteiger partial charge in [0, 0.05) is 12.0 Å². The van der Waals surface area contributed by atoms with Crippen molar-refractivity contribution >= 4 is 37.0 Å². The Morgan fingerprint density at radius 3 is 2.06 bits per heavy atom. The fourth-order valence-corrected chi connectivity index (χ4v) is 5.10. The first-order chi connectivity index (χ1) is 14.8. The summed E-state index contributed by atoms with van der Waals surface area (Å²) in [5.74, 6) is 0.171. The van der Waals surface area contributed by atoms with Crippen LogP contribution in [0.5, 0.6) is 0 Å². The van der Waals surface area contributed by atoms with Gasteiger partial charge in [0.15, 0.2) is 0 Å². The third kappa shape index (κ3) is 12.1. The Bertz CT molecular complexity index is 786. The monoisotopic (exact) mass is 522 g/mol. The highest BCUT2D eigenvalue weighted by molar-refractivity contribution is 8.14. The molecule has 0 aromatic carbocycles. The van der Waals surface area contributed by atoms with E-state index in [1.807, 2.05) is 0 Å². The highest BCUT2D eigenvalue weighted by Crippen LogP contribution is 2.30. The molecular formula is C17H32NO11S3-. The summed E-state index contributed by atoms with van der Waals surface area (Å²) in [5, 5.41) is 42.4. The fourth-order valence-electron chi connectivity index (χ4n) is 3.04. The highest BCUT2D eigenvalue weighted by Gasteiger charge is 2.44. The number of aliphatic hydroxyl groups is 4. The van der Waals surface area contributed by atoms with Gasteiger partial charge in [0.25, 0.3) is 10.4 Å². The third-order valence-electron chi connectivity index (χ3n) is 4.74. The maximum atomic E-state index is 11.1. The molecule has 0 aliphatic carbocycles. The number of hydrogen-bond donors (Lipinski definition) is 4. The maximum absolute atomic E-state index is 11.1. The molecular weight excluding hydrogens is 490 g/mol. The number of hydrogen-bond acceptors (Lipinski definition) is 13. The molecule has 32 heavy (non-hydrogen) atoms. The maximum Gasteiger partial charge on any atom is 0.284 e. The zero-order valence-electron chi connectivity index (χ0n) is 17.8. The molecule has 1 fully saturated rings. The van der Waals surface area contributed by atoms with E-state index in [-0.39, 0.29) is 17.2 Å². The van der Waals surface area contributed by atoms with Gasteiger partial charge in [0.2, 0.25) is 0 Å². The van der Waals surface area contributed by atoms with Crippen LogP contribution in [0.2, 0.25) is 0 Å². The summed E-state index contributed by atoms with van der Waals surface area (Å²) in [6, 6.07) is 0. The summed E-state index contributed by atoms with van der Waals surface area (Å²) in [6.45, 7) is -0.621. The van der Waals surface area contributed by atoms with Crippen molar-refractivity contribution in [2.45, 2.75) is 81.2 Å². The quantitative estimate of drug-likeness (QED) is 0.0568. The van der Waals surface area contributed by atoms with Crippen molar-refractivity contribution in [1.29, 1.82) is 0 Å². The van der Waals surface area contributed by atoms with Crippen LogP contribution in [0.15, 0.2) is 5.16 Å². The zero-order valence-corrected chi connectivity index (χ0v) is 20.2. The molecule has 1 aliphatic heterocycles. The number of sulfone groups is 1. The van der Waals surface area contributed by atoms with Crippen LogP contribution in [0.25, 0.3) is 0 Å². The van der Waals surface area contributed by atoms with Crippen LogP contribution in [0.3, 0.4) is 0 Å². The first-order valence-corrected chi connectivity index (χ1v) is 14.5. The lowest BCUT2D eigenvalue weighted by Crippen LogP contribution is -2.57. The van der Waals surface area contributed by atoms with E-state index in [0.717, 1.165) is 43.9 Å². The number of ether oxygens (including phenoxy) is 1. The van der Waals surface area contributed by atoms with Crippen LogP contribution >= 0.6 is 11.8 Å². The normalized spacial score (nSPS) is 27.4. The molecule has 15 heteroatoms. The van der Waals surface area contributed by atoms with Gasteiger partial charge in [-0.05, 0) is 19.3 Å². The lowest BCUT2D eigenvalue weighted by Gasteiger charge is -2.39. The molecule has 0 aromatic rings. The average molecular weight is 523 g/mol. The van der Waals surface area contributed by atoms with Gasteiger partial charge in [-0.2, -0.15) is 8.42 Å². The van der Waals surface area contributed by atoms with Crippen LogP contribution in [0.4, 0.5) is 0 Å². The SMILES string of the molecule is CS(=O)(=O)CCCCCCCCC/C(=N/OS(=O)(=O)[O-])S[C@@H]1O[C@H](CO)[C@@H](O)[C@H](O)[C@H]1O. The van der Waals surface area contributed by atoms with E-state index in [4.69, 9.17) is 4.74 Å². The minimum Gasteiger partial charge on any atom is -0.714 e. The van der Waals surface area contributed by atoms with E-state index in [1.165, 1.54) is 6.26 Å². The average Bonchev–Trinajstić information content (AvgIpc) is 2.69. The number of aliphatic hydroxyl groups excluding tert-OH is 4. The zero-order chi connectivity index (χ0) is 24.4. The summed E-state index contributed by atoms with van der Waals surface area (Å²) >= 11 is 0.727. The Morgan fingerprint density at radius 1 is 0.969 bits per heavy atom. The predicted molar refractivity (Wildman–Crippen MR) is 116 cm³/mol. The summed E-state index contributed by atoms with van der Waals surface area (Å²) in [7, 11) is -8.04. The Kier molecular flexibility index (Phi) is 12.9. The minimum atomic E-state index is -5.09. The number of oxime groups is 1. The van der Waals surface area contributed by atoms with Gasteiger partial charge in [-0.3, -0.25) is 4.28 Å². The topological polar surface area (TPSA) is 203 Å². The van der Waals surface area contributed by atoms with E-state index in [1.54, 1.807) is 0 Å². The van der Waals surface area contributed by atoms with Gasteiger partial charge in [-0.15, -0.1) is 0 Å². The number of unbranched alkanes of at least 4 members (excludes halogenated alkanes) is 6. The molecule has 0 aromatic heterocycles. The van der Waals surface area contributed by atoms with Crippen molar-refractivity contribution in [3.05, 3.63) is 0 Å². The lowest BCUT2D eigenvalue weighted by molar-refractivity contribution is -0.205. The van der Waals surface area contributed by atoms with Crippen LogP contribution in [0, 0.1) is 0 Å². The smallest absolute Gasteiger partial charge is 0.284 e. The standard InChI is InChI=1S/C17H33NO11S3/c1-31(23,24)10-8-6-4-2-3-5-7-9-13(18-29-32(25,26)27)30-17-16(22)15(21)14(20)12(11-19)28-17/h12,14-17,19-22H,2-11H2,1H3,(H,25,26,27)/p-1/b18-13-/t12-,14-,15+,16-,17+/m1/s1. The van der Waals surface area contributed by atoms with E-state index in [9.17, 15) is 41.8 Å². The van der Waals surface area contributed by atoms with Crippen molar-refractivity contribution < 1.29 is 50.8 Å². The van der Waals surface area contributed by atoms with Crippen LogP contribution in [0.1, 0.15) is 51.4 Å². The first-order valence-electron chi connectivity index (χ1n) is 10.2. The molecule has 0 saturated carbocycles. The van der Waals surface area contributed by atoms with Crippen molar-refractivity contribution in [3.8, 4) is 0 Å². The summed E-state index contributed by atoms with van der Waals surface area (Å²) in [5.41, 5.74) is -1.18. The third-order valence-corrected chi connectivity index (χ3v) is 7.20. The molecule has 0 unspecified atom stereocenters. The van der Waals surface area contributed by atoms with Crippen molar-refractivity contribution in [2.24, 2.45) is 5.16 Å². The number of nitrogens with zero attached hydrogens (tertiary/aromatic N) is 1. The van der Waals surface area contributed by atoms with Crippen LogP contribution in [-0.2, 0) is 29.3 Å². The van der Waals surface area contributed by atoms with Crippen molar-refractivity contribution in [1.82, 2.24) is 0 Å². The van der Waals surface area contributed by atoms with Gasteiger partial charge < -0.3 is 29.7 Å². The van der Waals surface area contributed by atoms with Gasteiger partial charge >= 0.3 is 0 Å². The molecule has 5 atom stereocenters. The van der Waals surface area contributed by atoms with E-state index < -0.39 is 56.7 Å². The fraction of sp³-hybridized carbons (Fsp3) is 0.941. The van der Waals surface area contributed by atoms with Crippen molar-refractivity contribution in [2.75, 3.05) is 18.6 Å². The van der Waals surface area contributed by atoms with Gasteiger partial charge in [-0.1, -0.05) is 49.0 Å². The number of rotatable bonds is 14. The molecule has 0 bridgehead atoms. The summed E-state index contributed by atoms with van der Waals surface area (Å²) < 4.78 is 63.6. The minimum absolute atomic E-state index is 0.0295. The van der Waals surface area contributed by atoms with Crippen LogP contribution < -0.4 is 0 Å². The predicted octanol–water partition coefficient (Wildman–Crippen LogP) is -0.525. The molecule has 0 amide bonds. The molecule has 1 aliphatic rings. The Labute approximate surface area is 192 Å². The second-order valence-electron chi connectivity index (χ2n) is 7.64. The number of thioether (sulfide) groups is 1. The summed E-state index contributed by atoms with van der Waals surface area (Å²) in [6.07, 6.45) is 0.895. The lowest BCUT2D eigenvalue weighted by atomic mass is 10.0. The van der Waals surface area contributed by atoms with Crippen LogP contribution in [-0.4, -0.2) is 95.3 Å². The molecule has 4 N–H and O–H groups in total. The highest BCUT2D eigenvalue weighted by atomic mass is 32.3. The molecule has 190 valence electrons. The molecule has 0 spiro atoms. The second kappa shape index (κ2) is 14.0. The van der Waals surface area contributed by atoms with Crippen molar-refractivity contribution in [3.63, 3.8) is 0 Å². The molecule has 1 heterocycles. The Balaban J connectivity index is 2.52.